The van der Waals surface area contributed by atoms with Crippen molar-refractivity contribution in [1.29, 1.82) is 0 Å². The van der Waals surface area contributed by atoms with Crippen molar-refractivity contribution in [3.8, 4) is 0 Å². The van der Waals surface area contributed by atoms with Gasteiger partial charge in [0, 0.05) is 5.97 Å². The standard InChI is InChI=1S/C24H48O2.K/c1-3-5-7-9-11-13-14-16-18-20-22-23(24(25)26)21-19-17-15-12-10-8-6-4-2;/h23H,3-22H2,1-2H3,(H,25,26);/q;+1/p-1. The van der Waals surface area contributed by atoms with Crippen molar-refractivity contribution in [3.05, 3.63) is 0 Å². The summed E-state index contributed by atoms with van der Waals surface area (Å²) in [7, 11) is 0. The van der Waals surface area contributed by atoms with E-state index in [-0.39, 0.29) is 57.3 Å². The van der Waals surface area contributed by atoms with Crippen molar-refractivity contribution in [2.45, 2.75) is 142 Å². The minimum absolute atomic E-state index is 0. The van der Waals surface area contributed by atoms with Gasteiger partial charge in [0.15, 0.2) is 0 Å². The Labute approximate surface area is 213 Å². The van der Waals surface area contributed by atoms with Crippen molar-refractivity contribution < 1.29 is 61.3 Å². The van der Waals surface area contributed by atoms with Gasteiger partial charge in [0.1, 0.15) is 0 Å². The van der Waals surface area contributed by atoms with E-state index < -0.39 is 5.97 Å². The molecule has 0 bridgehead atoms. The van der Waals surface area contributed by atoms with Crippen LogP contribution >= 0.6 is 0 Å². The summed E-state index contributed by atoms with van der Waals surface area (Å²) in [6.07, 6.45) is 24.9. The minimum Gasteiger partial charge on any atom is -0.550 e. The fourth-order valence-electron chi connectivity index (χ4n) is 3.78. The molecule has 0 spiro atoms. The molecule has 0 aliphatic carbocycles. The Kier molecular flexibility index (Phi) is 28.2. The topological polar surface area (TPSA) is 40.1 Å². The normalized spacial score (nSPS) is 11.9. The van der Waals surface area contributed by atoms with Gasteiger partial charge in [-0.1, -0.05) is 129 Å². The first-order valence-corrected chi connectivity index (χ1v) is 11.9. The summed E-state index contributed by atoms with van der Waals surface area (Å²) in [6, 6.07) is 0. The zero-order chi connectivity index (χ0) is 19.3. The number of carboxylic acid groups (broad SMARTS) is 1. The first-order chi connectivity index (χ1) is 12.7. The van der Waals surface area contributed by atoms with Gasteiger partial charge in [-0.3, -0.25) is 0 Å². The van der Waals surface area contributed by atoms with Crippen molar-refractivity contribution in [2.24, 2.45) is 5.92 Å². The van der Waals surface area contributed by atoms with Crippen LogP contribution in [0.2, 0.25) is 0 Å². The first-order valence-electron chi connectivity index (χ1n) is 11.9. The van der Waals surface area contributed by atoms with Gasteiger partial charge in [-0.2, -0.15) is 0 Å². The van der Waals surface area contributed by atoms with Crippen LogP contribution in [-0.4, -0.2) is 5.97 Å². The Hall–Kier alpha value is 1.11. The predicted octanol–water partition coefficient (Wildman–Crippen LogP) is 4.20. The number of aliphatic carboxylic acids is 1. The molecule has 0 aromatic rings. The number of carbonyl (C=O) groups excluding carboxylic acids is 1. The van der Waals surface area contributed by atoms with Gasteiger partial charge in [-0.15, -0.1) is 0 Å². The third-order valence-electron chi connectivity index (χ3n) is 5.65. The van der Waals surface area contributed by atoms with Gasteiger partial charge >= 0.3 is 51.4 Å². The third-order valence-corrected chi connectivity index (χ3v) is 5.65. The monoisotopic (exact) mass is 406 g/mol. The number of rotatable bonds is 21. The molecule has 0 N–H and O–H groups in total. The molecule has 0 saturated heterocycles. The maximum atomic E-state index is 11.3. The zero-order valence-corrected chi connectivity index (χ0v) is 22.2. The van der Waals surface area contributed by atoms with E-state index in [2.05, 4.69) is 13.8 Å². The summed E-state index contributed by atoms with van der Waals surface area (Å²) in [5, 5.41) is 11.3. The molecule has 1 atom stereocenters. The molecule has 0 amide bonds. The Morgan fingerprint density at radius 3 is 1.07 bits per heavy atom. The molecule has 0 rings (SSSR count). The van der Waals surface area contributed by atoms with Gasteiger partial charge < -0.3 is 9.90 Å². The average molecular weight is 407 g/mol. The van der Waals surface area contributed by atoms with E-state index in [1.54, 1.807) is 0 Å². The van der Waals surface area contributed by atoms with Crippen LogP contribution in [0.15, 0.2) is 0 Å². The van der Waals surface area contributed by atoms with Gasteiger partial charge in [0.25, 0.3) is 0 Å². The Morgan fingerprint density at radius 1 is 0.556 bits per heavy atom. The second-order valence-corrected chi connectivity index (χ2v) is 8.25. The molecule has 0 fully saturated rings. The van der Waals surface area contributed by atoms with Gasteiger partial charge in [-0.05, 0) is 18.8 Å². The number of hydrogen-bond donors (Lipinski definition) is 0. The van der Waals surface area contributed by atoms with E-state index in [1.165, 1.54) is 103 Å². The van der Waals surface area contributed by atoms with Gasteiger partial charge in [0.05, 0.1) is 0 Å². The van der Waals surface area contributed by atoms with E-state index in [0.29, 0.717) is 0 Å². The van der Waals surface area contributed by atoms with Crippen LogP contribution in [0.3, 0.4) is 0 Å². The van der Waals surface area contributed by atoms with Crippen LogP contribution in [0.4, 0.5) is 0 Å². The molecule has 0 aliphatic rings. The van der Waals surface area contributed by atoms with Crippen molar-refractivity contribution in [3.63, 3.8) is 0 Å². The van der Waals surface area contributed by atoms with E-state index in [0.717, 1.165) is 25.7 Å². The number of carboxylic acids is 1. The smallest absolute Gasteiger partial charge is 0.550 e. The summed E-state index contributed by atoms with van der Waals surface area (Å²) >= 11 is 0. The molecule has 2 nitrogen and oxygen atoms in total. The van der Waals surface area contributed by atoms with Gasteiger partial charge in [-0.25, -0.2) is 0 Å². The summed E-state index contributed by atoms with van der Waals surface area (Å²) < 4.78 is 0. The molecule has 0 heterocycles. The molecular formula is C24H47KO2. The minimum atomic E-state index is -0.816. The number of hydrogen-bond acceptors (Lipinski definition) is 2. The molecular weight excluding hydrogens is 359 g/mol. The van der Waals surface area contributed by atoms with E-state index in [4.69, 9.17) is 0 Å². The fraction of sp³-hybridized carbons (Fsp3) is 0.958. The summed E-state index contributed by atoms with van der Waals surface area (Å²) in [4.78, 5) is 11.3. The van der Waals surface area contributed by atoms with Crippen molar-refractivity contribution in [2.75, 3.05) is 0 Å². The maximum absolute atomic E-state index is 11.3. The number of unbranched alkanes of at least 4 members (excludes halogenated alkanes) is 16. The molecule has 0 aromatic heterocycles. The van der Waals surface area contributed by atoms with Crippen molar-refractivity contribution in [1.82, 2.24) is 0 Å². The molecule has 0 aliphatic heterocycles. The van der Waals surface area contributed by atoms with Crippen LogP contribution in [0.1, 0.15) is 142 Å². The largest absolute Gasteiger partial charge is 1.00 e. The fourth-order valence-corrected chi connectivity index (χ4v) is 3.78. The summed E-state index contributed by atoms with van der Waals surface area (Å²) in [5.41, 5.74) is 0. The first kappa shape index (κ1) is 30.3. The Balaban J connectivity index is 0. The molecule has 3 heteroatoms. The zero-order valence-electron chi connectivity index (χ0n) is 19.0. The average Bonchev–Trinajstić information content (AvgIpc) is 2.63. The van der Waals surface area contributed by atoms with Crippen LogP contribution in [-0.2, 0) is 4.79 Å². The third kappa shape index (κ3) is 23.3. The summed E-state index contributed by atoms with van der Waals surface area (Å²) in [5.74, 6) is -1.02. The molecule has 0 saturated carbocycles. The Morgan fingerprint density at radius 2 is 0.815 bits per heavy atom. The molecule has 0 radical (unpaired) electrons. The molecule has 27 heavy (non-hydrogen) atoms. The second-order valence-electron chi connectivity index (χ2n) is 8.25. The van der Waals surface area contributed by atoms with Crippen molar-refractivity contribution >= 4 is 5.97 Å². The number of carbonyl (C=O) groups is 1. The van der Waals surface area contributed by atoms with E-state index in [1.807, 2.05) is 0 Å². The predicted molar refractivity (Wildman–Crippen MR) is 112 cm³/mol. The van der Waals surface area contributed by atoms with Crippen LogP contribution in [0.25, 0.3) is 0 Å². The maximum Gasteiger partial charge on any atom is 1.00 e. The quantitative estimate of drug-likeness (QED) is 0.212. The SMILES string of the molecule is CCCCCCCCCCCCC(CCCCCCCCCC)C(=O)[O-].[K+]. The van der Waals surface area contributed by atoms with Crippen LogP contribution < -0.4 is 56.5 Å². The van der Waals surface area contributed by atoms with Gasteiger partial charge in [0.2, 0.25) is 0 Å². The second kappa shape index (κ2) is 25.1. The van der Waals surface area contributed by atoms with Crippen LogP contribution in [0, 0.1) is 5.92 Å². The molecule has 1 unspecified atom stereocenters. The van der Waals surface area contributed by atoms with E-state index >= 15 is 0 Å². The summed E-state index contributed by atoms with van der Waals surface area (Å²) in [6.45, 7) is 4.50. The molecule has 156 valence electrons. The van der Waals surface area contributed by atoms with Crippen LogP contribution in [0.5, 0.6) is 0 Å². The Bertz CT molecular complexity index is 294. The van der Waals surface area contributed by atoms with E-state index in [9.17, 15) is 9.90 Å². The molecule has 0 aromatic carbocycles.